The molecule has 0 aliphatic rings. The molecule has 0 aliphatic heterocycles. The molecule has 1 N–H and O–H groups in total. The summed E-state index contributed by atoms with van der Waals surface area (Å²) in [6.45, 7) is 1.89. The van der Waals surface area contributed by atoms with Crippen molar-refractivity contribution in [1.82, 2.24) is 10.2 Å². The maximum atomic E-state index is 10.9. The molecule has 0 spiro atoms. The van der Waals surface area contributed by atoms with Crippen LogP contribution in [0.15, 0.2) is 18.3 Å². The third-order valence-electron chi connectivity index (χ3n) is 2.55. The van der Waals surface area contributed by atoms with Crippen molar-refractivity contribution in [2.24, 2.45) is 0 Å². The van der Waals surface area contributed by atoms with Crippen molar-refractivity contribution >= 4 is 17.9 Å². The van der Waals surface area contributed by atoms with Crippen LogP contribution in [0.2, 0.25) is 5.02 Å². The molecule has 1 heterocycles. The van der Waals surface area contributed by atoms with Crippen LogP contribution < -0.4 is 4.74 Å². The summed E-state index contributed by atoms with van der Waals surface area (Å²) in [5, 5.41) is 7.23. The fourth-order valence-corrected chi connectivity index (χ4v) is 1.78. The number of methoxy groups -OCH3 is 1. The third kappa shape index (κ3) is 2.03. The maximum Gasteiger partial charge on any atom is 0.153 e. The number of hydrogen-bond donors (Lipinski definition) is 1. The maximum absolute atomic E-state index is 10.9. The summed E-state index contributed by atoms with van der Waals surface area (Å²) in [6.07, 6.45) is 2.21. The Balaban J connectivity index is 2.66. The van der Waals surface area contributed by atoms with Crippen LogP contribution >= 0.6 is 11.6 Å². The Kier molecular flexibility index (Phi) is 3.15. The SMILES string of the molecule is COc1cc(C)c(Cl)cc1-c1[nH]ncc1C=O. The zero-order chi connectivity index (χ0) is 12.4. The molecule has 0 radical (unpaired) electrons. The molecule has 1 aromatic heterocycles. The van der Waals surface area contributed by atoms with Crippen molar-refractivity contribution in [3.63, 3.8) is 0 Å². The molecule has 17 heavy (non-hydrogen) atoms. The number of aromatic nitrogens is 2. The molecule has 2 rings (SSSR count). The molecule has 0 aliphatic carbocycles. The second-order valence-corrected chi connectivity index (χ2v) is 4.03. The van der Waals surface area contributed by atoms with E-state index in [1.54, 1.807) is 13.2 Å². The predicted octanol–water partition coefficient (Wildman–Crippen LogP) is 2.86. The van der Waals surface area contributed by atoms with E-state index in [4.69, 9.17) is 16.3 Å². The van der Waals surface area contributed by atoms with Gasteiger partial charge in [0, 0.05) is 10.6 Å². The van der Waals surface area contributed by atoms with E-state index in [-0.39, 0.29) is 0 Å². The topological polar surface area (TPSA) is 55.0 Å². The number of carbonyl (C=O) groups excluding carboxylic acids is 1. The van der Waals surface area contributed by atoms with Crippen LogP contribution in [0, 0.1) is 6.92 Å². The molecule has 0 atom stereocenters. The van der Waals surface area contributed by atoms with Crippen molar-refractivity contribution in [2.45, 2.75) is 6.92 Å². The Labute approximate surface area is 104 Å². The number of nitrogens with one attached hydrogen (secondary N) is 1. The molecule has 0 fully saturated rings. The number of aldehydes is 1. The van der Waals surface area contributed by atoms with Crippen molar-refractivity contribution in [3.05, 3.63) is 34.5 Å². The van der Waals surface area contributed by atoms with E-state index in [1.165, 1.54) is 6.20 Å². The Bertz CT molecular complexity index is 564. The molecule has 2 aromatic rings. The minimum absolute atomic E-state index is 0.475. The van der Waals surface area contributed by atoms with Gasteiger partial charge in [0.1, 0.15) is 5.75 Å². The first kappa shape index (κ1) is 11.7. The first-order chi connectivity index (χ1) is 8.17. The zero-order valence-corrected chi connectivity index (χ0v) is 10.2. The van der Waals surface area contributed by atoms with Crippen molar-refractivity contribution in [1.29, 1.82) is 0 Å². The molecule has 0 unspecified atom stereocenters. The lowest BCUT2D eigenvalue weighted by molar-refractivity contribution is 0.112. The van der Waals surface area contributed by atoms with Gasteiger partial charge in [-0.05, 0) is 24.6 Å². The highest BCUT2D eigenvalue weighted by molar-refractivity contribution is 6.31. The summed E-state index contributed by atoms with van der Waals surface area (Å²) in [5.74, 6) is 0.652. The fraction of sp³-hybridized carbons (Fsp3) is 0.167. The van der Waals surface area contributed by atoms with Crippen LogP contribution in [0.25, 0.3) is 11.3 Å². The summed E-state index contributed by atoms with van der Waals surface area (Å²) in [5.41, 5.74) is 2.73. The Morgan fingerprint density at radius 3 is 2.88 bits per heavy atom. The summed E-state index contributed by atoms with van der Waals surface area (Å²) in [7, 11) is 1.57. The van der Waals surface area contributed by atoms with Crippen LogP contribution in [-0.2, 0) is 0 Å². The smallest absolute Gasteiger partial charge is 0.153 e. The summed E-state index contributed by atoms with van der Waals surface area (Å²) >= 11 is 6.08. The minimum Gasteiger partial charge on any atom is -0.496 e. The number of rotatable bonds is 3. The first-order valence-electron chi connectivity index (χ1n) is 5.00. The first-order valence-corrected chi connectivity index (χ1v) is 5.38. The van der Waals surface area contributed by atoms with Gasteiger partial charge in [0.15, 0.2) is 6.29 Å². The van der Waals surface area contributed by atoms with Crippen molar-refractivity contribution in [3.8, 4) is 17.0 Å². The quantitative estimate of drug-likeness (QED) is 0.853. The van der Waals surface area contributed by atoms with Gasteiger partial charge >= 0.3 is 0 Å². The van der Waals surface area contributed by atoms with Gasteiger partial charge in [-0.15, -0.1) is 0 Å². The Morgan fingerprint density at radius 2 is 2.24 bits per heavy atom. The van der Waals surface area contributed by atoms with E-state index in [0.29, 0.717) is 22.0 Å². The van der Waals surface area contributed by atoms with Crippen molar-refractivity contribution in [2.75, 3.05) is 7.11 Å². The average molecular weight is 251 g/mol. The fourth-order valence-electron chi connectivity index (χ4n) is 1.62. The second-order valence-electron chi connectivity index (χ2n) is 3.62. The number of H-pyrrole nitrogens is 1. The lowest BCUT2D eigenvalue weighted by Gasteiger charge is -2.10. The minimum atomic E-state index is 0.475. The monoisotopic (exact) mass is 250 g/mol. The van der Waals surface area contributed by atoms with E-state index in [9.17, 15) is 4.79 Å². The molecule has 88 valence electrons. The van der Waals surface area contributed by atoms with Gasteiger partial charge < -0.3 is 4.74 Å². The normalized spacial score (nSPS) is 10.3. The number of carbonyl (C=O) groups is 1. The average Bonchev–Trinajstić information content (AvgIpc) is 2.80. The highest BCUT2D eigenvalue weighted by Gasteiger charge is 2.14. The Morgan fingerprint density at radius 1 is 1.47 bits per heavy atom. The lowest BCUT2D eigenvalue weighted by Crippen LogP contribution is -1.92. The Hall–Kier alpha value is -1.81. The highest BCUT2D eigenvalue weighted by atomic mass is 35.5. The predicted molar refractivity (Wildman–Crippen MR) is 65.7 cm³/mol. The van der Waals surface area contributed by atoms with E-state index in [0.717, 1.165) is 17.4 Å². The van der Waals surface area contributed by atoms with Crippen LogP contribution in [0.1, 0.15) is 15.9 Å². The molecule has 0 saturated carbocycles. The lowest BCUT2D eigenvalue weighted by atomic mass is 10.1. The van der Waals surface area contributed by atoms with Gasteiger partial charge in [-0.2, -0.15) is 5.10 Å². The van der Waals surface area contributed by atoms with E-state index in [2.05, 4.69) is 10.2 Å². The van der Waals surface area contributed by atoms with Gasteiger partial charge in [0.05, 0.1) is 24.6 Å². The van der Waals surface area contributed by atoms with Gasteiger partial charge in [-0.25, -0.2) is 0 Å². The van der Waals surface area contributed by atoms with Crippen LogP contribution in [0.4, 0.5) is 0 Å². The molecule has 0 saturated heterocycles. The highest BCUT2D eigenvalue weighted by Crippen LogP contribution is 2.34. The molecular formula is C12H11ClN2O2. The third-order valence-corrected chi connectivity index (χ3v) is 2.95. The number of ether oxygens (including phenoxy) is 1. The largest absolute Gasteiger partial charge is 0.496 e. The summed E-state index contributed by atoms with van der Waals surface area (Å²) in [4.78, 5) is 10.9. The molecule has 0 amide bonds. The van der Waals surface area contributed by atoms with Crippen LogP contribution in [0.5, 0.6) is 5.75 Å². The number of halogens is 1. The molecule has 1 aromatic carbocycles. The molecular weight excluding hydrogens is 240 g/mol. The van der Waals surface area contributed by atoms with Crippen LogP contribution in [-0.4, -0.2) is 23.6 Å². The van der Waals surface area contributed by atoms with E-state index >= 15 is 0 Å². The summed E-state index contributed by atoms with van der Waals surface area (Å²) in [6, 6.07) is 3.59. The van der Waals surface area contributed by atoms with Gasteiger partial charge in [-0.3, -0.25) is 9.89 Å². The molecule has 4 nitrogen and oxygen atoms in total. The van der Waals surface area contributed by atoms with Crippen molar-refractivity contribution < 1.29 is 9.53 Å². The second kappa shape index (κ2) is 4.59. The van der Waals surface area contributed by atoms with E-state index < -0.39 is 0 Å². The molecule has 5 heteroatoms. The zero-order valence-electron chi connectivity index (χ0n) is 9.45. The number of nitrogens with zero attached hydrogens (tertiary/aromatic N) is 1. The van der Waals surface area contributed by atoms with Gasteiger partial charge in [0.2, 0.25) is 0 Å². The van der Waals surface area contributed by atoms with Crippen LogP contribution in [0.3, 0.4) is 0 Å². The van der Waals surface area contributed by atoms with Gasteiger partial charge in [-0.1, -0.05) is 11.6 Å². The molecule has 0 bridgehead atoms. The summed E-state index contributed by atoms with van der Waals surface area (Å²) < 4.78 is 5.28. The number of aryl methyl sites for hydroxylation is 1. The number of benzene rings is 1. The number of aromatic amines is 1. The van der Waals surface area contributed by atoms with Gasteiger partial charge in [0.25, 0.3) is 0 Å². The standard InChI is InChI=1S/C12H11ClN2O2/c1-7-3-11(17-2)9(4-10(7)13)12-8(6-16)5-14-15-12/h3-6H,1-2H3,(H,14,15). The number of hydrogen-bond acceptors (Lipinski definition) is 3. The van der Waals surface area contributed by atoms with E-state index in [1.807, 2.05) is 13.0 Å².